The molecule has 1 aromatic carbocycles. The van der Waals surface area contributed by atoms with Gasteiger partial charge in [0, 0.05) is 62.8 Å². The molecule has 7 nitrogen and oxygen atoms in total. The molecule has 0 bridgehead atoms. The van der Waals surface area contributed by atoms with Gasteiger partial charge < -0.3 is 14.4 Å². The van der Waals surface area contributed by atoms with Gasteiger partial charge in [-0.2, -0.15) is 0 Å². The van der Waals surface area contributed by atoms with Gasteiger partial charge in [-0.25, -0.2) is 4.79 Å². The standard InChI is InChI=1S/C21H25N3O4/c1-27-21(26)16-28-19-4-2-17(3-5-19)20(25)8-11-23-12-14-24(15-13-23)18-6-9-22-10-7-18/h2-7,9-10H,8,11-16H2,1H3. The molecule has 1 fully saturated rings. The van der Waals surface area contributed by atoms with Crippen LogP contribution in [0.5, 0.6) is 5.75 Å². The Balaban J connectivity index is 1.41. The van der Waals surface area contributed by atoms with Crippen molar-refractivity contribution in [1.82, 2.24) is 9.88 Å². The van der Waals surface area contributed by atoms with Crippen LogP contribution in [0.25, 0.3) is 0 Å². The Morgan fingerprint density at radius 3 is 2.32 bits per heavy atom. The largest absolute Gasteiger partial charge is 0.482 e. The Labute approximate surface area is 164 Å². The minimum Gasteiger partial charge on any atom is -0.482 e. The molecule has 0 radical (unpaired) electrons. The van der Waals surface area contributed by atoms with Gasteiger partial charge >= 0.3 is 5.97 Å². The van der Waals surface area contributed by atoms with E-state index in [9.17, 15) is 9.59 Å². The van der Waals surface area contributed by atoms with Crippen LogP contribution in [0.15, 0.2) is 48.8 Å². The maximum Gasteiger partial charge on any atom is 0.343 e. The highest BCUT2D eigenvalue weighted by molar-refractivity contribution is 5.96. The first-order valence-corrected chi connectivity index (χ1v) is 9.36. The number of hydrogen-bond donors (Lipinski definition) is 0. The Hall–Kier alpha value is -2.93. The highest BCUT2D eigenvalue weighted by atomic mass is 16.6. The summed E-state index contributed by atoms with van der Waals surface area (Å²) in [5.74, 6) is 0.203. The van der Waals surface area contributed by atoms with Gasteiger partial charge in [0.05, 0.1) is 7.11 Å². The number of ether oxygens (including phenoxy) is 2. The number of anilines is 1. The second-order valence-corrected chi connectivity index (χ2v) is 6.60. The molecule has 0 aliphatic carbocycles. The van der Waals surface area contributed by atoms with Crippen LogP contribution < -0.4 is 9.64 Å². The number of aromatic nitrogens is 1. The normalized spacial score (nSPS) is 14.5. The van der Waals surface area contributed by atoms with E-state index < -0.39 is 5.97 Å². The Bertz CT molecular complexity index is 772. The lowest BCUT2D eigenvalue weighted by Crippen LogP contribution is -2.46. The van der Waals surface area contributed by atoms with Crippen LogP contribution in [-0.2, 0) is 9.53 Å². The monoisotopic (exact) mass is 383 g/mol. The minimum absolute atomic E-state index is 0.107. The lowest BCUT2D eigenvalue weighted by Gasteiger charge is -2.35. The molecule has 0 saturated carbocycles. The number of Topliss-reactive ketones (excluding diaryl/α,β-unsaturated/α-hetero) is 1. The fourth-order valence-corrected chi connectivity index (χ4v) is 3.13. The molecule has 0 spiro atoms. The van der Waals surface area contributed by atoms with Crippen molar-refractivity contribution >= 4 is 17.4 Å². The van der Waals surface area contributed by atoms with E-state index in [1.807, 2.05) is 24.5 Å². The number of methoxy groups -OCH3 is 1. The highest BCUT2D eigenvalue weighted by Gasteiger charge is 2.18. The van der Waals surface area contributed by atoms with Gasteiger partial charge in [-0.05, 0) is 36.4 Å². The lowest BCUT2D eigenvalue weighted by atomic mass is 10.1. The molecule has 0 amide bonds. The van der Waals surface area contributed by atoms with E-state index in [2.05, 4.69) is 19.5 Å². The first kappa shape index (κ1) is 19.8. The summed E-state index contributed by atoms with van der Waals surface area (Å²) < 4.78 is 9.82. The van der Waals surface area contributed by atoms with Gasteiger partial charge in [0.25, 0.3) is 0 Å². The summed E-state index contributed by atoms with van der Waals surface area (Å²) in [6.07, 6.45) is 4.11. The molecular weight excluding hydrogens is 358 g/mol. The number of hydrogen-bond acceptors (Lipinski definition) is 7. The van der Waals surface area contributed by atoms with Crippen molar-refractivity contribution in [3.8, 4) is 5.75 Å². The molecule has 2 aromatic rings. The third-order valence-electron chi connectivity index (χ3n) is 4.82. The molecule has 28 heavy (non-hydrogen) atoms. The van der Waals surface area contributed by atoms with E-state index in [0.717, 1.165) is 32.7 Å². The zero-order chi connectivity index (χ0) is 19.8. The van der Waals surface area contributed by atoms with Crippen LogP contribution in [0.3, 0.4) is 0 Å². The molecule has 3 rings (SSSR count). The van der Waals surface area contributed by atoms with Crippen molar-refractivity contribution in [1.29, 1.82) is 0 Å². The molecule has 1 aliphatic rings. The molecular formula is C21H25N3O4. The predicted molar refractivity (Wildman–Crippen MR) is 106 cm³/mol. The quantitative estimate of drug-likeness (QED) is 0.510. The summed E-state index contributed by atoms with van der Waals surface area (Å²) in [5, 5.41) is 0. The molecule has 1 aliphatic heterocycles. The molecule has 0 N–H and O–H groups in total. The van der Waals surface area contributed by atoms with Crippen LogP contribution in [0.4, 0.5) is 5.69 Å². The minimum atomic E-state index is -0.441. The summed E-state index contributed by atoms with van der Waals surface area (Å²) in [5.41, 5.74) is 1.85. The van der Waals surface area contributed by atoms with Crippen molar-refractivity contribution < 1.29 is 19.1 Å². The van der Waals surface area contributed by atoms with Crippen molar-refractivity contribution in [2.24, 2.45) is 0 Å². The molecule has 2 heterocycles. The lowest BCUT2D eigenvalue weighted by molar-refractivity contribution is -0.142. The summed E-state index contributed by atoms with van der Waals surface area (Å²) in [4.78, 5) is 32.2. The Kier molecular flexibility index (Phi) is 6.97. The number of carbonyl (C=O) groups is 2. The fraction of sp³-hybridized carbons (Fsp3) is 0.381. The summed E-state index contributed by atoms with van der Waals surface area (Å²) in [7, 11) is 1.31. The summed E-state index contributed by atoms with van der Waals surface area (Å²) in [6, 6.07) is 10.9. The first-order chi connectivity index (χ1) is 13.7. The van der Waals surface area contributed by atoms with Crippen LogP contribution in [0.2, 0.25) is 0 Å². The van der Waals surface area contributed by atoms with Crippen molar-refractivity contribution in [3.63, 3.8) is 0 Å². The average molecular weight is 383 g/mol. The second kappa shape index (κ2) is 9.85. The Morgan fingerprint density at radius 2 is 1.68 bits per heavy atom. The van der Waals surface area contributed by atoms with E-state index >= 15 is 0 Å². The number of piperazine rings is 1. The number of nitrogens with zero attached hydrogens (tertiary/aromatic N) is 3. The van der Waals surface area contributed by atoms with Gasteiger partial charge in [-0.15, -0.1) is 0 Å². The van der Waals surface area contributed by atoms with E-state index in [4.69, 9.17) is 4.74 Å². The molecule has 7 heteroatoms. The topological polar surface area (TPSA) is 72.0 Å². The Morgan fingerprint density at radius 1 is 1.00 bits per heavy atom. The van der Waals surface area contributed by atoms with E-state index in [1.165, 1.54) is 12.8 Å². The third-order valence-corrected chi connectivity index (χ3v) is 4.82. The van der Waals surface area contributed by atoms with Crippen LogP contribution in [0.1, 0.15) is 16.8 Å². The zero-order valence-corrected chi connectivity index (χ0v) is 16.0. The summed E-state index contributed by atoms with van der Waals surface area (Å²) in [6.45, 7) is 4.39. The molecule has 0 unspecified atom stereocenters. The van der Waals surface area contributed by atoms with Gasteiger partial charge in [0.1, 0.15) is 5.75 Å². The van der Waals surface area contributed by atoms with Crippen molar-refractivity contribution in [2.75, 3.05) is 51.3 Å². The second-order valence-electron chi connectivity index (χ2n) is 6.60. The number of rotatable bonds is 8. The zero-order valence-electron chi connectivity index (χ0n) is 16.0. The first-order valence-electron chi connectivity index (χ1n) is 9.36. The predicted octanol–water partition coefficient (Wildman–Crippen LogP) is 2.03. The van der Waals surface area contributed by atoms with E-state index in [-0.39, 0.29) is 12.4 Å². The van der Waals surface area contributed by atoms with E-state index in [1.54, 1.807) is 24.3 Å². The maximum atomic E-state index is 12.4. The molecule has 0 atom stereocenters. The SMILES string of the molecule is COC(=O)COc1ccc(C(=O)CCN2CCN(c3ccncc3)CC2)cc1. The van der Waals surface area contributed by atoms with Crippen molar-refractivity contribution in [2.45, 2.75) is 6.42 Å². The van der Waals surface area contributed by atoms with Gasteiger partial charge in [-0.1, -0.05) is 0 Å². The van der Waals surface area contributed by atoms with Crippen LogP contribution >= 0.6 is 0 Å². The molecule has 148 valence electrons. The number of benzene rings is 1. The number of esters is 1. The average Bonchev–Trinajstić information content (AvgIpc) is 2.77. The van der Waals surface area contributed by atoms with E-state index in [0.29, 0.717) is 17.7 Å². The smallest absolute Gasteiger partial charge is 0.343 e. The third kappa shape index (κ3) is 5.53. The van der Waals surface area contributed by atoms with Gasteiger partial charge in [0.2, 0.25) is 0 Å². The van der Waals surface area contributed by atoms with Gasteiger partial charge in [-0.3, -0.25) is 14.7 Å². The molecule has 1 saturated heterocycles. The number of pyridine rings is 1. The fourth-order valence-electron chi connectivity index (χ4n) is 3.13. The highest BCUT2D eigenvalue weighted by Crippen LogP contribution is 2.16. The van der Waals surface area contributed by atoms with Crippen LogP contribution in [0, 0.1) is 0 Å². The number of ketones is 1. The summed E-state index contributed by atoms with van der Waals surface area (Å²) >= 11 is 0. The molecule has 1 aromatic heterocycles. The van der Waals surface area contributed by atoms with Crippen LogP contribution in [-0.4, -0.2) is 68.1 Å². The van der Waals surface area contributed by atoms with Gasteiger partial charge in [0.15, 0.2) is 12.4 Å². The van der Waals surface area contributed by atoms with Crippen molar-refractivity contribution in [3.05, 3.63) is 54.4 Å². The maximum absolute atomic E-state index is 12.4. The number of carbonyl (C=O) groups excluding carboxylic acids is 2.